The second-order valence-corrected chi connectivity index (χ2v) is 37.0. The third kappa shape index (κ3) is 81.2. The summed E-state index contributed by atoms with van der Waals surface area (Å²) in [5, 5.41) is 10.7. The van der Waals surface area contributed by atoms with Gasteiger partial charge in [0.1, 0.15) is 19.3 Å². The molecule has 0 aromatic rings. The van der Waals surface area contributed by atoms with E-state index in [4.69, 9.17) is 37.0 Å². The molecule has 0 rings (SSSR count). The second kappa shape index (κ2) is 79.5. The summed E-state index contributed by atoms with van der Waals surface area (Å²) in [7, 11) is -9.94. The Labute approximate surface area is 677 Å². The van der Waals surface area contributed by atoms with Crippen LogP contribution in [0, 0.1) is 23.7 Å². The molecule has 0 aliphatic heterocycles. The van der Waals surface area contributed by atoms with Gasteiger partial charge >= 0.3 is 39.5 Å². The van der Waals surface area contributed by atoms with Gasteiger partial charge in [0.05, 0.1) is 26.4 Å². The zero-order valence-electron chi connectivity index (χ0n) is 72.9. The predicted molar refractivity (Wildman–Crippen MR) is 455 cm³/mol. The zero-order chi connectivity index (χ0) is 80.9. The Morgan fingerprint density at radius 2 is 0.436 bits per heavy atom. The highest BCUT2D eigenvalue weighted by molar-refractivity contribution is 7.47. The summed E-state index contributed by atoms with van der Waals surface area (Å²) in [4.78, 5) is 73.4. The molecule has 0 saturated heterocycles. The summed E-state index contributed by atoms with van der Waals surface area (Å²) < 4.78 is 69.0. The molecule has 110 heavy (non-hydrogen) atoms. The van der Waals surface area contributed by atoms with E-state index in [1.807, 2.05) is 0 Å². The molecule has 4 unspecified atom stereocenters. The monoisotopic (exact) mass is 1610 g/mol. The minimum Gasteiger partial charge on any atom is -0.462 e. The average molecular weight is 1610 g/mol. The molecular formula is C91H178O17P2. The van der Waals surface area contributed by atoms with Crippen LogP contribution in [0.3, 0.4) is 0 Å². The summed E-state index contributed by atoms with van der Waals surface area (Å²) in [5.74, 6) is 1.12. The Kier molecular flexibility index (Phi) is 78.1. The van der Waals surface area contributed by atoms with Crippen LogP contribution in [0.5, 0.6) is 0 Å². The number of rotatable bonds is 88. The molecule has 19 heteroatoms. The number of aliphatic hydroxyl groups excluding tert-OH is 1. The maximum absolute atomic E-state index is 13.2. The van der Waals surface area contributed by atoms with E-state index in [0.717, 1.165) is 120 Å². The van der Waals surface area contributed by atoms with Crippen molar-refractivity contribution < 1.29 is 80.2 Å². The molecule has 654 valence electrons. The van der Waals surface area contributed by atoms with Crippen molar-refractivity contribution in [3.8, 4) is 0 Å². The number of phosphoric acid groups is 2. The number of phosphoric ester groups is 2. The first-order valence-corrected chi connectivity index (χ1v) is 49.8. The highest BCUT2D eigenvalue weighted by Gasteiger charge is 2.31. The topological polar surface area (TPSA) is 237 Å². The van der Waals surface area contributed by atoms with Crippen LogP contribution in [0.2, 0.25) is 0 Å². The molecule has 17 nitrogen and oxygen atoms in total. The minimum atomic E-state index is -4.97. The van der Waals surface area contributed by atoms with Crippen LogP contribution < -0.4 is 0 Å². The Balaban J connectivity index is 5.22. The molecule has 3 N–H and O–H groups in total. The van der Waals surface area contributed by atoms with Crippen LogP contribution in [0.15, 0.2) is 0 Å². The molecule has 7 atom stereocenters. The molecule has 0 spiro atoms. The van der Waals surface area contributed by atoms with Crippen LogP contribution in [0.1, 0.15) is 479 Å². The van der Waals surface area contributed by atoms with Crippen LogP contribution >= 0.6 is 15.6 Å². The van der Waals surface area contributed by atoms with Gasteiger partial charge in [0.15, 0.2) is 12.2 Å². The average Bonchev–Trinajstić information content (AvgIpc) is 0.895. The normalized spacial score (nSPS) is 14.3. The molecule has 0 aliphatic carbocycles. The number of esters is 4. The van der Waals surface area contributed by atoms with E-state index >= 15 is 0 Å². The Morgan fingerprint density at radius 1 is 0.255 bits per heavy atom. The predicted octanol–water partition coefficient (Wildman–Crippen LogP) is 27.9. The fourth-order valence-electron chi connectivity index (χ4n) is 14.1. The molecule has 0 saturated carbocycles. The summed E-state index contributed by atoms with van der Waals surface area (Å²) in [6, 6.07) is 0. The third-order valence-electron chi connectivity index (χ3n) is 22.0. The first kappa shape index (κ1) is 108. The van der Waals surface area contributed by atoms with E-state index in [1.165, 1.54) is 276 Å². The van der Waals surface area contributed by atoms with Crippen molar-refractivity contribution in [3.05, 3.63) is 0 Å². The van der Waals surface area contributed by atoms with Gasteiger partial charge in [0.25, 0.3) is 0 Å². The lowest BCUT2D eigenvalue weighted by Gasteiger charge is -2.21. The standard InChI is InChI=1S/C91H178O17P2/c1-9-83(7)69-61-53-45-39-33-27-21-13-11-12-14-22-28-34-40-46-55-63-71-88(93)101-77-86(107-90(95)73-65-57-47-41-35-29-23-17-15-19-25-31-37-43-51-59-67-81(3)4)79-105-109(97,98)103-75-85(92)76-104-110(99,100)106-80-87(78-102-89(94)72-64-56-50-49-54-62-70-84(8)10-2)108-91(96)74-66-58-48-42-36-30-24-18-16-20-26-32-38-44-52-60-68-82(5)6/h81-87,92H,9-80H2,1-8H3,(H,97,98)(H,99,100)/t83?,84?,85-,86-,87-/m1/s1. The molecule has 0 heterocycles. The van der Waals surface area contributed by atoms with Gasteiger partial charge in [-0.15, -0.1) is 0 Å². The van der Waals surface area contributed by atoms with Crippen LogP contribution in [-0.4, -0.2) is 96.7 Å². The number of carbonyl (C=O) groups is 4. The van der Waals surface area contributed by atoms with Crippen LogP contribution in [0.25, 0.3) is 0 Å². The van der Waals surface area contributed by atoms with Crippen molar-refractivity contribution in [1.29, 1.82) is 0 Å². The number of carbonyl (C=O) groups excluding carboxylic acids is 4. The van der Waals surface area contributed by atoms with Gasteiger partial charge in [-0.25, -0.2) is 9.13 Å². The van der Waals surface area contributed by atoms with Crippen LogP contribution in [0.4, 0.5) is 0 Å². The van der Waals surface area contributed by atoms with Crippen molar-refractivity contribution in [2.24, 2.45) is 23.7 Å². The highest BCUT2D eigenvalue weighted by atomic mass is 31.2. The van der Waals surface area contributed by atoms with E-state index in [2.05, 4.69) is 55.4 Å². The Morgan fingerprint density at radius 3 is 0.645 bits per heavy atom. The maximum atomic E-state index is 13.2. The largest absolute Gasteiger partial charge is 0.472 e. The second-order valence-electron chi connectivity index (χ2n) is 34.1. The summed E-state index contributed by atoms with van der Waals surface area (Å²) in [6.07, 6.45) is 70.9. The molecule has 0 aliphatic rings. The molecule has 0 amide bonds. The molecule has 0 aromatic heterocycles. The lowest BCUT2D eigenvalue weighted by atomic mass is 9.99. The van der Waals surface area contributed by atoms with Gasteiger partial charge in [-0.3, -0.25) is 37.3 Å². The highest BCUT2D eigenvalue weighted by Crippen LogP contribution is 2.45. The number of ether oxygens (including phenoxy) is 4. The van der Waals surface area contributed by atoms with Crippen molar-refractivity contribution in [2.45, 2.75) is 497 Å². The van der Waals surface area contributed by atoms with E-state index < -0.39 is 97.5 Å². The van der Waals surface area contributed by atoms with Gasteiger partial charge in [0.2, 0.25) is 0 Å². The van der Waals surface area contributed by atoms with Gasteiger partial charge < -0.3 is 33.8 Å². The van der Waals surface area contributed by atoms with Crippen molar-refractivity contribution in [2.75, 3.05) is 39.6 Å². The van der Waals surface area contributed by atoms with E-state index in [9.17, 15) is 43.2 Å². The van der Waals surface area contributed by atoms with E-state index in [-0.39, 0.29) is 25.7 Å². The third-order valence-corrected chi connectivity index (χ3v) is 23.9. The molecule has 0 bridgehead atoms. The smallest absolute Gasteiger partial charge is 0.462 e. The maximum Gasteiger partial charge on any atom is 0.472 e. The lowest BCUT2D eigenvalue weighted by Crippen LogP contribution is -2.30. The number of hydrogen-bond acceptors (Lipinski definition) is 15. The van der Waals surface area contributed by atoms with E-state index in [0.29, 0.717) is 25.7 Å². The molecule has 0 radical (unpaired) electrons. The van der Waals surface area contributed by atoms with Gasteiger partial charge in [0, 0.05) is 25.7 Å². The van der Waals surface area contributed by atoms with Gasteiger partial charge in [-0.1, -0.05) is 428 Å². The minimum absolute atomic E-state index is 0.107. The quantitative estimate of drug-likeness (QED) is 0.0222. The van der Waals surface area contributed by atoms with Crippen molar-refractivity contribution in [3.63, 3.8) is 0 Å². The number of hydrogen-bond donors (Lipinski definition) is 3. The first-order chi connectivity index (χ1) is 53.2. The van der Waals surface area contributed by atoms with Crippen molar-refractivity contribution in [1.82, 2.24) is 0 Å². The first-order valence-electron chi connectivity index (χ1n) is 46.8. The molecule has 0 fully saturated rings. The summed E-state index contributed by atoms with van der Waals surface area (Å²) >= 11 is 0. The van der Waals surface area contributed by atoms with Gasteiger partial charge in [-0.2, -0.15) is 0 Å². The molecule has 0 aromatic carbocycles. The number of aliphatic hydroxyl groups is 1. The van der Waals surface area contributed by atoms with Gasteiger partial charge in [-0.05, 0) is 49.4 Å². The number of unbranched alkanes of at least 4 members (excludes halogenated alkanes) is 52. The fraction of sp³-hybridized carbons (Fsp3) is 0.956. The van der Waals surface area contributed by atoms with Crippen LogP contribution in [-0.2, 0) is 65.4 Å². The van der Waals surface area contributed by atoms with E-state index in [1.54, 1.807) is 0 Å². The molecular weight excluding hydrogens is 1430 g/mol. The lowest BCUT2D eigenvalue weighted by molar-refractivity contribution is -0.161. The SMILES string of the molecule is CCC(C)CCCCCCCCCCCCCCCCCCCCC(=O)OC[C@H](COP(=O)(O)OC[C@@H](O)COP(=O)(O)OC[C@@H](COC(=O)CCCCCCCCC(C)CC)OC(=O)CCCCCCCCCCCCCCCCCCC(C)C)OC(=O)CCCCCCCCCCCCCCCCCCC(C)C. The zero-order valence-corrected chi connectivity index (χ0v) is 74.7. The van der Waals surface area contributed by atoms with Crippen molar-refractivity contribution >= 4 is 39.5 Å². The summed E-state index contributed by atoms with van der Waals surface area (Å²) in [5.41, 5.74) is 0. The fourth-order valence-corrected chi connectivity index (χ4v) is 15.7. The summed E-state index contributed by atoms with van der Waals surface area (Å²) in [6.45, 7) is 14.4. The Bertz CT molecular complexity index is 2130. The Hall–Kier alpha value is -1.94.